The van der Waals surface area contributed by atoms with Crippen molar-refractivity contribution in [3.8, 4) is 0 Å². The highest BCUT2D eigenvalue weighted by molar-refractivity contribution is 14.0. The molecule has 3 N–H and O–H groups in total. The summed E-state index contributed by atoms with van der Waals surface area (Å²) in [5.41, 5.74) is 8.12. The Morgan fingerprint density at radius 2 is 2.10 bits per heavy atom. The molecule has 0 saturated heterocycles. The number of rotatable bonds is 6. The Balaban J connectivity index is 0.00000220. The van der Waals surface area contributed by atoms with Gasteiger partial charge in [-0.25, -0.2) is 9.98 Å². The van der Waals surface area contributed by atoms with Gasteiger partial charge in [0.25, 0.3) is 0 Å². The van der Waals surface area contributed by atoms with E-state index in [4.69, 9.17) is 5.73 Å². The van der Waals surface area contributed by atoms with Crippen LogP contribution in [0, 0.1) is 0 Å². The molecule has 4 nitrogen and oxygen atoms in total. The summed E-state index contributed by atoms with van der Waals surface area (Å²) < 4.78 is 0. The molecular formula is C15H21IN4S. The molecule has 1 heterocycles. The molecule has 0 amide bonds. The molecule has 0 atom stereocenters. The summed E-state index contributed by atoms with van der Waals surface area (Å²) in [6.07, 6.45) is 1.91. The number of aromatic nitrogens is 1. The Morgan fingerprint density at radius 1 is 1.33 bits per heavy atom. The number of nitrogens with one attached hydrogen (secondary N) is 1. The third-order valence-electron chi connectivity index (χ3n) is 2.88. The topological polar surface area (TPSA) is 63.3 Å². The van der Waals surface area contributed by atoms with E-state index in [9.17, 15) is 0 Å². The number of aliphatic imine (C=N–C) groups is 1. The van der Waals surface area contributed by atoms with Crippen LogP contribution in [-0.2, 0) is 19.4 Å². The Bertz CT molecular complexity index is 554. The van der Waals surface area contributed by atoms with Crippen molar-refractivity contribution in [1.29, 1.82) is 0 Å². The van der Waals surface area contributed by atoms with E-state index < -0.39 is 0 Å². The van der Waals surface area contributed by atoms with E-state index in [2.05, 4.69) is 34.3 Å². The molecule has 0 aliphatic carbocycles. The Labute approximate surface area is 146 Å². The van der Waals surface area contributed by atoms with Crippen LogP contribution in [0.1, 0.15) is 23.2 Å². The molecule has 0 bridgehead atoms. The fraction of sp³-hybridized carbons (Fsp3) is 0.333. The fourth-order valence-corrected chi connectivity index (χ4v) is 2.52. The van der Waals surface area contributed by atoms with Crippen molar-refractivity contribution in [3.63, 3.8) is 0 Å². The SMILES string of the molecule is CCc1nc(CN=C(N)NCCc2ccccc2)cs1.I. The number of aryl methyl sites for hydroxylation is 1. The first-order valence-electron chi connectivity index (χ1n) is 6.79. The van der Waals surface area contributed by atoms with Gasteiger partial charge in [-0.05, 0) is 18.4 Å². The maximum atomic E-state index is 5.84. The van der Waals surface area contributed by atoms with E-state index in [0.29, 0.717) is 12.5 Å². The fourth-order valence-electron chi connectivity index (χ4n) is 1.79. The number of guanidine groups is 1. The van der Waals surface area contributed by atoms with Crippen molar-refractivity contribution in [2.45, 2.75) is 26.3 Å². The van der Waals surface area contributed by atoms with E-state index in [0.717, 1.165) is 30.1 Å². The molecule has 0 radical (unpaired) electrons. The summed E-state index contributed by atoms with van der Waals surface area (Å²) in [5, 5.41) is 6.31. The predicted octanol–water partition coefficient (Wildman–Crippen LogP) is 2.97. The summed E-state index contributed by atoms with van der Waals surface area (Å²) >= 11 is 1.67. The van der Waals surface area contributed by atoms with E-state index in [1.165, 1.54) is 5.56 Å². The number of benzene rings is 1. The van der Waals surface area contributed by atoms with Crippen molar-refractivity contribution in [3.05, 3.63) is 52.0 Å². The highest BCUT2D eigenvalue weighted by Gasteiger charge is 1.99. The van der Waals surface area contributed by atoms with Gasteiger partial charge in [0.05, 0.1) is 17.2 Å². The largest absolute Gasteiger partial charge is 0.370 e. The zero-order chi connectivity index (χ0) is 14.2. The first-order valence-corrected chi connectivity index (χ1v) is 7.67. The zero-order valence-corrected chi connectivity index (χ0v) is 15.2. The number of hydrogen-bond acceptors (Lipinski definition) is 3. The molecule has 6 heteroatoms. The second-order valence-corrected chi connectivity index (χ2v) is 5.39. The molecule has 0 saturated carbocycles. The van der Waals surface area contributed by atoms with E-state index in [1.807, 2.05) is 23.6 Å². The maximum Gasteiger partial charge on any atom is 0.188 e. The predicted molar refractivity (Wildman–Crippen MR) is 100 cm³/mol. The van der Waals surface area contributed by atoms with Gasteiger partial charge < -0.3 is 11.1 Å². The first-order chi connectivity index (χ1) is 9.78. The minimum atomic E-state index is 0. The van der Waals surface area contributed by atoms with Crippen molar-refractivity contribution in [1.82, 2.24) is 10.3 Å². The summed E-state index contributed by atoms with van der Waals surface area (Å²) in [4.78, 5) is 8.76. The molecule has 2 rings (SSSR count). The third kappa shape index (κ3) is 6.43. The van der Waals surface area contributed by atoms with Gasteiger partial charge in [0.1, 0.15) is 0 Å². The van der Waals surface area contributed by atoms with Gasteiger partial charge in [0, 0.05) is 11.9 Å². The molecule has 0 fully saturated rings. The number of halogens is 1. The third-order valence-corrected chi connectivity index (χ3v) is 3.92. The van der Waals surface area contributed by atoms with Gasteiger partial charge in [-0.3, -0.25) is 0 Å². The lowest BCUT2D eigenvalue weighted by molar-refractivity contribution is 0.844. The smallest absolute Gasteiger partial charge is 0.188 e. The summed E-state index contributed by atoms with van der Waals surface area (Å²) in [6, 6.07) is 10.3. The molecule has 21 heavy (non-hydrogen) atoms. The zero-order valence-electron chi connectivity index (χ0n) is 12.1. The minimum absolute atomic E-state index is 0. The number of hydrogen-bond donors (Lipinski definition) is 2. The van der Waals surface area contributed by atoms with Gasteiger partial charge in [-0.2, -0.15) is 0 Å². The van der Waals surface area contributed by atoms with Gasteiger partial charge in [-0.15, -0.1) is 35.3 Å². The van der Waals surface area contributed by atoms with Crippen LogP contribution in [0.3, 0.4) is 0 Å². The summed E-state index contributed by atoms with van der Waals surface area (Å²) in [6.45, 7) is 3.43. The highest BCUT2D eigenvalue weighted by Crippen LogP contribution is 2.10. The number of nitrogens with two attached hydrogens (primary N) is 1. The quantitative estimate of drug-likeness (QED) is 0.433. The first kappa shape index (κ1) is 17.9. The average Bonchev–Trinajstić information content (AvgIpc) is 2.94. The number of thiazole rings is 1. The molecule has 0 spiro atoms. The van der Waals surface area contributed by atoms with Crippen molar-refractivity contribution >= 4 is 41.3 Å². The van der Waals surface area contributed by atoms with E-state index in [-0.39, 0.29) is 24.0 Å². The normalized spacial score (nSPS) is 11.0. The average molecular weight is 416 g/mol. The van der Waals surface area contributed by atoms with E-state index >= 15 is 0 Å². The lowest BCUT2D eigenvalue weighted by Crippen LogP contribution is -2.33. The Hall–Kier alpha value is -1.15. The van der Waals surface area contributed by atoms with Gasteiger partial charge >= 0.3 is 0 Å². The Kier molecular flexibility index (Phi) is 8.29. The summed E-state index contributed by atoms with van der Waals surface area (Å²) in [7, 11) is 0. The molecule has 1 aromatic carbocycles. The molecule has 0 unspecified atom stereocenters. The molecule has 114 valence electrons. The number of nitrogens with zero attached hydrogens (tertiary/aromatic N) is 2. The van der Waals surface area contributed by atoms with Crippen LogP contribution in [0.4, 0.5) is 0 Å². The minimum Gasteiger partial charge on any atom is -0.370 e. The van der Waals surface area contributed by atoms with Gasteiger partial charge in [-0.1, -0.05) is 37.3 Å². The highest BCUT2D eigenvalue weighted by atomic mass is 127. The second-order valence-electron chi connectivity index (χ2n) is 4.45. The van der Waals surface area contributed by atoms with Crippen molar-refractivity contribution in [2.24, 2.45) is 10.7 Å². The molecule has 0 aliphatic rings. The van der Waals surface area contributed by atoms with Crippen molar-refractivity contribution in [2.75, 3.05) is 6.54 Å². The molecule has 2 aromatic rings. The van der Waals surface area contributed by atoms with Crippen LogP contribution in [0.25, 0.3) is 0 Å². The van der Waals surface area contributed by atoms with Crippen LogP contribution in [0.5, 0.6) is 0 Å². The molecular weight excluding hydrogens is 395 g/mol. The lowest BCUT2D eigenvalue weighted by atomic mass is 10.1. The van der Waals surface area contributed by atoms with Gasteiger partial charge in [0.15, 0.2) is 5.96 Å². The van der Waals surface area contributed by atoms with Gasteiger partial charge in [0.2, 0.25) is 0 Å². The van der Waals surface area contributed by atoms with Crippen LogP contribution < -0.4 is 11.1 Å². The monoisotopic (exact) mass is 416 g/mol. The lowest BCUT2D eigenvalue weighted by Gasteiger charge is -2.05. The molecule has 0 aliphatic heterocycles. The summed E-state index contributed by atoms with van der Waals surface area (Å²) in [5.74, 6) is 0.479. The molecule has 1 aromatic heterocycles. The van der Waals surface area contributed by atoms with Crippen LogP contribution in [-0.4, -0.2) is 17.5 Å². The van der Waals surface area contributed by atoms with Crippen LogP contribution >= 0.6 is 35.3 Å². The standard InChI is InChI=1S/C15H20N4S.HI/c1-2-14-19-13(11-20-14)10-18-15(16)17-9-8-12-6-4-3-5-7-12;/h3-7,11H,2,8-10H2,1H3,(H3,16,17,18);1H. The van der Waals surface area contributed by atoms with Crippen molar-refractivity contribution < 1.29 is 0 Å². The van der Waals surface area contributed by atoms with Crippen LogP contribution in [0.15, 0.2) is 40.7 Å². The van der Waals surface area contributed by atoms with E-state index in [1.54, 1.807) is 11.3 Å². The Morgan fingerprint density at radius 3 is 2.76 bits per heavy atom. The van der Waals surface area contributed by atoms with Crippen LogP contribution in [0.2, 0.25) is 0 Å². The maximum absolute atomic E-state index is 5.84. The second kappa shape index (κ2) is 9.73.